The topological polar surface area (TPSA) is 90.8 Å². The van der Waals surface area contributed by atoms with Gasteiger partial charge in [0.2, 0.25) is 5.82 Å². The van der Waals surface area contributed by atoms with Gasteiger partial charge in [0.25, 0.3) is 0 Å². The van der Waals surface area contributed by atoms with Gasteiger partial charge in [0.05, 0.1) is 10.6 Å². The Kier molecular flexibility index (Phi) is 3.24. The zero-order valence-electron chi connectivity index (χ0n) is 11.3. The highest BCUT2D eigenvalue weighted by atomic mass is 16.6. The molecule has 2 heterocycles. The molecule has 0 bridgehead atoms. The van der Waals surface area contributed by atoms with E-state index in [9.17, 15) is 10.1 Å². The molecule has 2 rings (SSSR count). The third-order valence-electron chi connectivity index (χ3n) is 3.10. The van der Waals surface area contributed by atoms with E-state index in [0.29, 0.717) is 6.54 Å². The van der Waals surface area contributed by atoms with E-state index in [4.69, 9.17) is 0 Å². The molecule has 0 radical (unpaired) electrons. The molecule has 0 aliphatic rings. The van der Waals surface area contributed by atoms with Gasteiger partial charge in [0, 0.05) is 31.9 Å². The molecular weight excluding hydrogens is 248 g/mol. The van der Waals surface area contributed by atoms with Gasteiger partial charge >= 0.3 is 5.69 Å². The van der Waals surface area contributed by atoms with E-state index >= 15 is 0 Å². The molecule has 0 saturated carbocycles. The van der Waals surface area contributed by atoms with Gasteiger partial charge in [0.15, 0.2) is 0 Å². The minimum Gasteiger partial charge on any atom is -0.359 e. The Morgan fingerprint density at radius 3 is 2.58 bits per heavy atom. The first kappa shape index (κ1) is 13.1. The molecule has 1 N–H and O–H groups in total. The van der Waals surface area contributed by atoms with E-state index in [1.54, 1.807) is 11.7 Å². The lowest BCUT2D eigenvalue weighted by atomic mass is 10.2. The number of aryl methyl sites for hydroxylation is 3. The Hall–Kier alpha value is -2.38. The molecule has 2 aromatic rings. The fourth-order valence-corrected chi connectivity index (χ4v) is 1.98. The number of nitro groups is 1. The minimum absolute atomic E-state index is 0.0262. The second-order valence-electron chi connectivity index (χ2n) is 4.42. The van der Waals surface area contributed by atoms with Gasteiger partial charge in [-0.25, -0.2) is 0 Å². The van der Waals surface area contributed by atoms with Crippen molar-refractivity contribution in [2.75, 3.05) is 5.32 Å². The Morgan fingerprint density at radius 1 is 1.37 bits per heavy atom. The van der Waals surface area contributed by atoms with Crippen LogP contribution >= 0.6 is 0 Å². The Labute approximate surface area is 110 Å². The van der Waals surface area contributed by atoms with Crippen molar-refractivity contribution in [2.45, 2.75) is 20.4 Å². The van der Waals surface area contributed by atoms with E-state index in [1.807, 2.05) is 20.9 Å². The molecule has 0 amide bonds. The molecule has 8 heteroatoms. The second kappa shape index (κ2) is 4.71. The maximum absolute atomic E-state index is 10.9. The van der Waals surface area contributed by atoms with Crippen LogP contribution in [-0.4, -0.2) is 24.5 Å². The van der Waals surface area contributed by atoms with Gasteiger partial charge in [-0.1, -0.05) is 0 Å². The molecule has 19 heavy (non-hydrogen) atoms. The number of nitrogens with zero attached hydrogens (tertiary/aromatic N) is 5. The predicted molar refractivity (Wildman–Crippen MR) is 69.9 cm³/mol. The Bertz CT molecular complexity index is 627. The lowest BCUT2D eigenvalue weighted by Gasteiger charge is -2.03. The van der Waals surface area contributed by atoms with Crippen molar-refractivity contribution in [2.24, 2.45) is 14.1 Å². The molecule has 102 valence electrons. The first-order valence-electron chi connectivity index (χ1n) is 5.81. The maximum atomic E-state index is 10.9. The molecule has 0 aromatic carbocycles. The molecule has 0 saturated heterocycles. The lowest BCUT2D eigenvalue weighted by Crippen LogP contribution is -2.04. The number of hydrogen-bond donors (Lipinski definition) is 1. The zero-order chi connectivity index (χ0) is 14.2. The van der Waals surface area contributed by atoms with Crippen LogP contribution in [0.1, 0.15) is 17.0 Å². The van der Waals surface area contributed by atoms with Crippen LogP contribution < -0.4 is 5.32 Å². The summed E-state index contributed by atoms with van der Waals surface area (Å²) in [6.07, 6.45) is 1.38. The Balaban J connectivity index is 2.21. The number of anilines is 1. The predicted octanol–water partition coefficient (Wildman–Crippen LogP) is 1.29. The highest BCUT2D eigenvalue weighted by molar-refractivity contribution is 5.54. The van der Waals surface area contributed by atoms with Gasteiger partial charge in [0.1, 0.15) is 6.20 Å². The zero-order valence-corrected chi connectivity index (χ0v) is 11.3. The van der Waals surface area contributed by atoms with Crippen molar-refractivity contribution in [3.05, 3.63) is 33.3 Å². The van der Waals surface area contributed by atoms with Crippen LogP contribution in [0.5, 0.6) is 0 Å². The third kappa shape index (κ3) is 2.42. The Morgan fingerprint density at radius 2 is 2.05 bits per heavy atom. The average Bonchev–Trinajstić information content (AvgIpc) is 2.80. The fourth-order valence-electron chi connectivity index (χ4n) is 1.98. The summed E-state index contributed by atoms with van der Waals surface area (Å²) < 4.78 is 3.21. The summed E-state index contributed by atoms with van der Waals surface area (Å²) >= 11 is 0. The standard InChI is InChI=1S/C11H16N6O2/c1-7-9(8(2)16(4)13-7)5-12-11-10(17(18)19)6-15(3)14-11/h6H,5H2,1-4H3,(H,12,14). The fraction of sp³-hybridized carbons (Fsp3) is 0.455. The SMILES string of the molecule is Cc1nn(C)c(C)c1CNc1nn(C)cc1[N+](=O)[O-]. The quantitative estimate of drug-likeness (QED) is 0.663. The van der Waals surface area contributed by atoms with Gasteiger partial charge in [-0.05, 0) is 13.8 Å². The highest BCUT2D eigenvalue weighted by Crippen LogP contribution is 2.23. The highest BCUT2D eigenvalue weighted by Gasteiger charge is 2.19. The summed E-state index contributed by atoms with van der Waals surface area (Å²) in [6.45, 7) is 4.34. The maximum Gasteiger partial charge on any atom is 0.330 e. The number of nitrogens with one attached hydrogen (secondary N) is 1. The van der Waals surface area contributed by atoms with Crippen LogP contribution in [0.15, 0.2) is 6.20 Å². The van der Waals surface area contributed by atoms with Gasteiger partial charge in [-0.2, -0.15) is 5.10 Å². The molecule has 0 aliphatic carbocycles. The first-order valence-corrected chi connectivity index (χ1v) is 5.81. The normalized spacial score (nSPS) is 10.7. The smallest absolute Gasteiger partial charge is 0.330 e. The first-order chi connectivity index (χ1) is 8.90. The van der Waals surface area contributed by atoms with E-state index in [1.165, 1.54) is 10.9 Å². The number of hydrogen-bond acceptors (Lipinski definition) is 5. The lowest BCUT2D eigenvalue weighted by molar-refractivity contribution is -0.384. The van der Waals surface area contributed by atoms with Gasteiger partial charge in [-0.15, -0.1) is 5.10 Å². The summed E-state index contributed by atoms with van der Waals surface area (Å²) in [5, 5.41) is 22.2. The average molecular weight is 264 g/mol. The van der Waals surface area contributed by atoms with Crippen molar-refractivity contribution in [1.82, 2.24) is 19.6 Å². The van der Waals surface area contributed by atoms with Crippen LogP contribution in [0.2, 0.25) is 0 Å². The summed E-state index contributed by atoms with van der Waals surface area (Å²) in [7, 11) is 3.52. The monoisotopic (exact) mass is 264 g/mol. The molecule has 0 aliphatic heterocycles. The van der Waals surface area contributed by atoms with Crippen LogP contribution in [0.3, 0.4) is 0 Å². The van der Waals surface area contributed by atoms with Crippen molar-refractivity contribution in [1.29, 1.82) is 0 Å². The van der Waals surface area contributed by atoms with Gasteiger partial charge < -0.3 is 5.32 Å². The molecular formula is C11H16N6O2. The third-order valence-corrected chi connectivity index (χ3v) is 3.10. The van der Waals surface area contributed by atoms with Crippen LogP contribution in [0.25, 0.3) is 0 Å². The van der Waals surface area contributed by atoms with Gasteiger partial charge in [-0.3, -0.25) is 19.5 Å². The van der Waals surface area contributed by atoms with Crippen LogP contribution in [-0.2, 0) is 20.6 Å². The molecule has 0 unspecified atom stereocenters. The molecule has 0 fully saturated rings. The molecule has 8 nitrogen and oxygen atoms in total. The minimum atomic E-state index is -0.446. The van der Waals surface area contributed by atoms with Crippen LogP contribution in [0.4, 0.5) is 11.5 Å². The van der Waals surface area contributed by atoms with E-state index in [2.05, 4.69) is 15.5 Å². The van der Waals surface area contributed by atoms with Crippen molar-refractivity contribution in [3.63, 3.8) is 0 Å². The van der Waals surface area contributed by atoms with Crippen molar-refractivity contribution >= 4 is 11.5 Å². The van der Waals surface area contributed by atoms with Crippen LogP contribution in [0, 0.1) is 24.0 Å². The molecule has 0 spiro atoms. The molecule has 2 aromatic heterocycles. The number of rotatable bonds is 4. The van der Waals surface area contributed by atoms with E-state index in [-0.39, 0.29) is 11.5 Å². The number of aromatic nitrogens is 4. The second-order valence-corrected chi connectivity index (χ2v) is 4.42. The summed E-state index contributed by atoms with van der Waals surface area (Å²) in [6, 6.07) is 0. The van der Waals surface area contributed by atoms with Crippen molar-refractivity contribution < 1.29 is 4.92 Å². The summed E-state index contributed by atoms with van der Waals surface area (Å²) in [4.78, 5) is 10.4. The summed E-state index contributed by atoms with van der Waals surface area (Å²) in [5.74, 6) is 0.273. The largest absolute Gasteiger partial charge is 0.359 e. The summed E-state index contributed by atoms with van der Waals surface area (Å²) in [5.41, 5.74) is 2.94. The van der Waals surface area contributed by atoms with E-state index in [0.717, 1.165) is 17.0 Å². The van der Waals surface area contributed by atoms with E-state index < -0.39 is 4.92 Å². The van der Waals surface area contributed by atoms with Crippen molar-refractivity contribution in [3.8, 4) is 0 Å². The molecule has 0 atom stereocenters.